The summed E-state index contributed by atoms with van der Waals surface area (Å²) in [6, 6.07) is -1.01. The molecule has 1 fully saturated rings. The molecule has 0 aromatic heterocycles. The summed E-state index contributed by atoms with van der Waals surface area (Å²) in [5.74, 6) is -2.61. The van der Waals surface area contributed by atoms with Gasteiger partial charge in [0, 0.05) is 34.2 Å². The van der Waals surface area contributed by atoms with E-state index in [2.05, 4.69) is 10.6 Å². The third kappa shape index (κ3) is 9.47. The van der Waals surface area contributed by atoms with Crippen LogP contribution in [0.3, 0.4) is 0 Å². The Labute approximate surface area is 186 Å². The minimum absolute atomic E-state index is 0.205. The van der Waals surface area contributed by atoms with Crippen molar-refractivity contribution in [2.45, 2.75) is 78.1 Å². The first kappa shape index (κ1) is 26.6. The number of ether oxygens (including phenoxy) is 5. The van der Waals surface area contributed by atoms with E-state index in [1.165, 1.54) is 27.7 Å². The Hall–Kier alpha value is -2.47. The maximum Gasteiger partial charge on any atom is 0.305 e. The van der Waals surface area contributed by atoms with E-state index in [-0.39, 0.29) is 11.7 Å². The minimum atomic E-state index is -1.28. The molecule has 0 unspecified atom stereocenters. The smallest absolute Gasteiger partial charge is 0.305 e. The van der Waals surface area contributed by atoms with Gasteiger partial charge in [0.1, 0.15) is 18.8 Å². The molecule has 1 rings (SSSR count). The van der Waals surface area contributed by atoms with E-state index in [0.717, 1.165) is 12.8 Å². The molecule has 0 aromatic carbocycles. The van der Waals surface area contributed by atoms with Gasteiger partial charge in [0.15, 0.2) is 17.3 Å². The highest BCUT2D eigenvalue weighted by atomic mass is 32.1. The predicted octanol–water partition coefficient (Wildman–Crippen LogP) is 0.334. The van der Waals surface area contributed by atoms with Gasteiger partial charge < -0.3 is 34.3 Å². The lowest BCUT2D eigenvalue weighted by molar-refractivity contribution is -0.269. The molecule has 2 N–H and O–H groups in total. The second kappa shape index (κ2) is 13.1. The van der Waals surface area contributed by atoms with Crippen molar-refractivity contribution in [2.24, 2.45) is 0 Å². The van der Waals surface area contributed by atoms with E-state index >= 15 is 0 Å². The first-order valence-corrected chi connectivity index (χ1v) is 10.3. The number of carbonyl (C=O) groups is 4. The Morgan fingerprint density at radius 3 is 2.00 bits per heavy atom. The van der Waals surface area contributed by atoms with E-state index < -0.39 is 54.5 Å². The molecule has 0 spiro atoms. The van der Waals surface area contributed by atoms with E-state index in [9.17, 15) is 19.2 Å². The second-order valence-electron chi connectivity index (χ2n) is 6.88. The molecule has 0 saturated carbocycles. The highest BCUT2D eigenvalue weighted by Crippen LogP contribution is 2.28. The normalized spacial score (nSPS) is 25.0. The van der Waals surface area contributed by atoms with Gasteiger partial charge in [0.2, 0.25) is 6.29 Å². The molecule has 31 heavy (non-hydrogen) atoms. The summed E-state index contributed by atoms with van der Waals surface area (Å²) in [7, 11) is 0. The van der Waals surface area contributed by atoms with Crippen LogP contribution in [-0.2, 0) is 42.9 Å². The van der Waals surface area contributed by atoms with Crippen LogP contribution in [0.1, 0.15) is 47.5 Å². The molecule has 1 heterocycles. The zero-order valence-corrected chi connectivity index (χ0v) is 19.1. The van der Waals surface area contributed by atoms with Crippen LogP contribution in [0.5, 0.6) is 0 Å². The highest BCUT2D eigenvalue weighted by Gasteiger charge is 2.52. The van der Waals surface area contributed by atoms with Gasteiger partial charge in [-0.2, -0.15) is 0 Å². The van der Waals surface area contributed by atoms with Crippen molar-refractivity contribution in [3.63, 3.8) is 0 Å². The van der Waals surface area contributed by atoms with Gasteiger partial charge in [0.05, 0.1) is 0 Å². The van der Waals surface area contributed by atoms with Crippen LogP contribution in [0.15, 0.2) is 0 Å². The van der Waals surface area contributed by atoms with Crippen molar-refractivity contribution in [3.05, 3.63) is 0 Å². The third-order valence-electron chi connectivity index (χ3n) is 4.10. The van der Waals surface area contributed by atoms with E-state index in [4.69, 9.17) is 35.9 Å². The van der Waals surface area contributed by atoms with Gasteiger partial charge in [-0.05, 0) is 18.6 Å². The van der Waals surface area contributed by atoms with Crippen molar-refractivity contribution < 1.29 is 42.9 Å². The Morgan fingerprint density at radius 2 is 1.48 bits per heavy atom. The molecule has 0 amide bonds. The number of rotatable bonds is 9. The molecule has 12 heteroatoms. The summed E-state index contributed by atoms with van der Waals surface area (Å²) in [6.07, 6.45) is -2.86. The minimum Gasteiger partial charge on any atom is -0.463 e. The van der Waals surface area contributed by atoms with E-state index in [0.29, 0.717) is 6.54 Å². The number of nitrogens with one attached hydrogen (secondary N) is 2. The van der Waals surface area contributed by atoms with Crippen molar-refractivity contribution in [2.75, 3.05) is 13.2 Å². The number of esters is 4. The van der Waals surface area contributed by atoms with Crippen LogP contribution in [-0.4, -0.2) is 72.8 Å². The maximum atomic E-state index is 11.8. The first-order valence-electron chi connectivity index (χ1n) is 9.90. The zero-order valence-electron chi connectivity index (χ0n) is 18.3. The first-order chi connectivity index (χ1) is 14.5. The van der Waals surface area contributed by atoms with Crippen LogP contribution < -0.4 is 10.6 Å². The van der Waals surface area contributed by atoms with Crippen molar-refractivity contribution in [1.82, 2.24) is 10.6 Å². The second-order valence-corrected chi connectivity index (χ2v) is 7.29. The Morgan fingerprint density at radius 1 is 0.903 bits per heavy atom. The molecule has 1 saturated heterocycles. The topological polar surface area (TPSA) is 138 Å². The van der Waals surface area contributed by atoms with Crippen molar-refractivity contribution in [3.8, 4) is 0 Å². The molecular weight excluding hydrogens is 432 g/mol. The maximum absolute atomic E-state index is 11.8. The lowest BCUT2D eigenvalue weighted by atomic mass is 9.96. The Kier molecular flexibility index (Phi) is 11.2. The van der Waals surface area contributed by atoms with Crippen LogP contribution in [0.4, 0.5) is 0 Å². The van der Waals surface area contributed by atoms with Crippen molar-refractivity contribution in [1.29, 1.82) is 0 Å². The summed E-state index contributed by atoms with van der Waals surface area (Å²) in [4.78, 5) is 46.5. The van der Waals surface area contributed by atoms with Crippen LogP contribution >= 0.6 is 12.2 Å². The quantitative estimate of drug-likeness (QED) is 0.211. The lowest BCUT2D eigenvalue weighted by Crippen LogP contribution is -2.67. The molecular formula is C19H30N2O9S. The Balaban J connectivity index is 3.24. The average molecular weight is 463 g/mol. The van der Waals surface area contributed by atoms with Crippen LogP contribution in [0.2, 0.25) is 0 Å². The summed E-state index contributed by atoms with van der Waals surface area (Å²) in [5.41, 5.74) is 0. The molecule has 1 aliphatic heterocycles. The van der Waals surface area contributed by atoms with Gasteiger partial charge in [-0.1, -0.05) is 13.3 Å². The van der Waals surface area contributed by atoms with Gasteiger partial charge in [-0.3, -0.25) is 19.2 Å². The van der Waals surface area contributed by atoms with Gasteiger partial charge in [-0.25, -0.2) is 0 Å². The van der Waals surface area contributed by atoms with Gasteiger partial charge in [-0.15, -0.1) is 0 Å². The molecule has 0 aromatic rings. The monoisotopic (exact) mass is 462 g/mol. The number of thiocarbonyl (C=S) groups is 1. The summed E-state index contributed by atoms with van der Waals surface area (Å²) >= 11 is 5.29. The van der Waals surface area contributed by atoms with E-state index in [1.807, 2.05) is 6.92 Å². The van der Waals surface area contributed by atoms with Crippen LogP contribution in [0, 0.1) is 0 Å². The SMILES string of the molecule is CCCCNC(=S)N[C@H]1[C@H](OC(C)=O)O[C@H](COC(C)=O)[C@@H](OC(C)=O)[C@@H]1OC(C)=O. The highest BCUT2D eigenvalue weighted by molar-refractivity contribution is 7.80. The van der Waals surface area contributed by atoms with Gasteiger partial charge >= 0.3 is 23.9 Å². The Bertz CT molecular complexity index is 673. The summed E-state index contributed by atoms with van der Waals surface area (Å²) in [6.45, 7) is 7.01. The van der Waals surface area contributed by atoms with Crippen molar-refractivity contribution >= 4 is 41.2 Å². The molecule has 1 aliphatic rings. The van der Waals surface area contributed by atoms with E-state index in [1.54, 1.807) is 0 Å². The van der Waals surface area contributed by atoms with Crippen LogP contribution in [0.25, 0.3) is 0 Å². The summed E-state index contributed by atoms with van der Waals surface area (Å²) < 4.78 is 26.8. The largest absolute Gasteiger partial charge is 0.463 e. The molecule has 11 nitrogen and oxygen atoms in total. The fourth-order valence-corrected chi connectivity index (χ4v) is 3.14. The fraction of sp³-hybridized carbons (Fsp3) is 0.737. The fourth-order valence-electron chi connectivity index (χ4n) is 2.90. The number of hydrogen-bond donors (Lipinski definition) is 2. The molecule has 5 atom stereocenters. The molecule has 176 valence electrons. The molecule has 0 bridgehead atoms. The molecule has 0 aliphatic carbocycles. The van der Waals surface area contributed by atoms with Gasteiger partial charge in [0.25, 0.3) is 0 Å². The number of unbranched alkanes of at least 4 members (excludes halogenated alkanes) is 1. The standard InChI is InChI=1S/C19H30N2O9S/c1-6-7-8-20-19(31)21-15-17(28-12(4)24)16(27-11(3)23)14(9-26-10(2)22)30-18(15)29-13(5)25/h14-18H,6-9H2,1-5H3,(H2,20,21,31)/t14-,15-,16-,17-,18-/m1/s1. The summed E-state index contributed by atoms with van der Waals surface area (Å²) in [5, 5.41) is 6.12. The molecule has 0 radical (unpaired) electrons. The number of carbonyl (C=O) groups excluding carboxylic acids is 4. The lowest BCUT2D eigenvalue weighted by Gasteiger charge is -2.44. The zero-order chi connectivity index (χ0) is 23.6. The number of hydrogen-bond acceptors (Lipinski definition) is 10. The predicted molar refractivity (Wildman–Crippen MR) is 111 cm³/mol. The average Bonchev–Trinajstić information content (AvgIpc) is 2.64. The third-order valence-corrected chi connectivity index (χ3v) is 4.36.